The summed E-state index contributed by atoms with van der Waals surface area (Å²) >= 11 is 0. The maximum absolute atomic E-state index is 13.6. The van der Waals surface area contributed by atoms with Gasteiger partial charge in [-0.3, -0.25) is 15.0 Å². The summed E-state index contributed by atoms with van der Waals surface area (Å²) in [7, 11) is 0. The van der Waals surface area contributed by atoms with E-state index in [0.29, 0.717) is 21.8 Å². The Labute approximate surface area is 188 Å². The molecule has 4 amide bonds. The molecule has 9 heteroatoms. The maximum atomic E-state index is 13.6. The summed E-state index contributed by atoms with van der Waals surface area (Å²) in [5.74, 6) is -1.37. The molecular formula is C24H18N6O3. The molecular weight excluding hydrogens is 420 g/mol. The van der Waals surface area contributed by atoms with Gasteiger partial charge in [-0.2, -0.15) is 14.9 Å². The van der Waals surface area contributed by atoms with E-state index in [4.69, 9.17) is 0 Å². The Balaban J connectivity index is 1.46. The van der Waals surface area contributed by atoms with Gasteiger partial charge in [0.2, 0.25) is 0 Å². The molecule has 0 unspecified atom stereocenters. The van der Waals surface area contributed by atoms with Crippen molar-refractivity contribution in [2.75, 3.05) is 0 Å². The fourth-order valence-corrected chi connectivity index (χ4v) is 3.78. The van der Waals surface area contributed by atoms with Gasteiger partial charge in [-0.1, -0.05) is 78.9 Å². The molecule has 2 N–H and O–H groups in total. The topological polar surface area (TPSA) is 109 Å². The quantitative estimate of drug-likeness (QED) is 0.465. The molecule has 5 rings (SSSR count). The van der Waals surface area contributed by atoms with E-state index in [1.165, 1.54) is 11.0 Å². The molecule has 2 heterocycles. The lowest BCUT2D eigenvalue weighted by molar-refractivity contribution is -0.131. The van der Waals surface area contributed by atoms with Gasteiger partial charge in [0.1, 0.15) is 0 Å². The molecule has 9 nitrogen and oxygen atoms in total. The van der Waals surface area contributed by atoms with E-state index < -0.39 is 23.4 Å². The Kier molecular flexibility index (Phi) is 4.91. The zero-order chi connectivity index (χ0) is 22.8. The van der Waals surface area contributed by atoms with Crippen molar-refractivity contribution in [2.24, 2.45) is 0 Å². The van der Waals surface area contributed by atoms with Gasteiger partial charge in [-0.15, -0.1) is 5.10 Å². The highest BCUT2D eigenvalue weighted by Gasteiger charge is 2.54. The molecule has 1 fully saturated rings. The van der Waals surface area contributed by atoms with Crippen LogP contribution in [0.15, 0.2) is 97.2 Å². The normalized spacial score (nSPS) is 14.7. The van der Waals surface area contributed by atoms with Crippen molar-refractivity contribution in [3.8, 4) is 5.69 Å². The van der Waals surface area contributed by atoms with Gasteiger partial charge in [0.05, 0.1) is 11.9 Å². The Morgan fingerprint density at radius 3 is 1.94 bits per heavy atom. The number of hydrogen-bond acceptors (Lipinski definition) is 5. The second-order valence-electron chi connectivity index (χ2n) is 7.35. The summed E-state index contributed by atoms with van der Waals surface area (Å²) in [4.78, 5) is 40.6. The molecule has 1 aliphatic rings. The standard InChI is InChI=1S/C24H18N6O3/c31-21(20-16-25-30(27-20)19-14-8-3-9-15-19)28-29-22(32)24(26-23(29)33,17-10-4-1-5-11-17)18-12-6-2-7-13-18/h1-16H,(H,26,33)(H,28,31). The average Bonchev–Trinajstić information content (AvgIpc) is 3.46. The van der Waals surface area contributed by atoms with Gasteiger partial charge in [0.25, 0.3) is 11.8 Å². The van der Waals surface area contributed by atoms with Gasteiger partial charge in [0.15, 0.2) is 11.2 Å². The lowest BCUT2D eigenvalue weighted by atomic mass is 9.83. The van der Waals surface area contributed by atoms with Crippen molar-refractivity contribution >= 4 is 17.8 Å². The van der Waals surface area contributed by atoms with E-state index in [0.717, 1.165) is 0 Å². The van der Waals surface area contributed by atoms with Crippen LogP contribution >= 0.6 is 0 Å². The van der Waals surface area contributed by atoms with Crippen LogP contribution in [-0.2, 0) is 10.3 Å². The van der Waals surface area contributed by atoms with Crippen LogP contribution in [0.4, 0.5) is 4.79 Å². The van der Waals surface area contributed by atoms with E-state index in [1.807, 2.05) is 30.3 Å². The summed E-state index contributed by atoms with van der Waals surface area (Å²) in [5.41, 5.74) is 2.65. The number of hydrogen-bond donors (Lipinski definition) is 2. The number of carbonyl (C=O) groups is 3. The first-order valence-corrected chi connectivity index (χ1v) is 10.2. The Morgan fingerprint density at radius 2 is 1.36 bits per heavy atom. The summed E-state index contributed by atoms with van der Waals surface area (Å²) in [6.07, 6.45) is 1.27. The van der Waals surface area contributed by atoms with Gasteiger partial charge < -0.3 is 5.32 Å². The van der Waals surface area contributed by atoms with Crippen molar-refractivity contribution in [1.82, 2.24) is 30.7 Å². The van der Waals surface area contributed by atoms with Crippen LogP contribution in [0.25, 0.3) is 5.69 Å². The predicted molar refractivity (Wildman–Crippen MR) is 118 cm³/mol. The van der Waals surface area contributed by atoms with E-state index in [1.54, 1.807) is 60.7 Å². The third-order valence-electron chi connectivity index (χ3n) is 5.36. The molecule has 4 aromatic rings. The highest BCUT2D eigenvalue weighted by atomic mass is 16.2. The molecule has 33 heavy (non-hydrogen) atoms. The Bertz CT molecular complexity index is 1280. The molecule has 0 bridgehead atoms. The van der Waals surface area contributed by atoms with Gasteiger partial charge in [-0.05, 0) is 23.3 Å². The predicted octanol–water partition coefficient (Wildman–Crippen LogP) is 2.41. The number of nitrogens with one attached hydrogen (secondary N) is 2. The summed E-state index contributed by atoms with van der Waals surface area (Å²) in [6, 6.07) is 26.1. The molecule has 0 saturated carbocycles. The molecule has 162 valence electrons. The molecule has 3 aromatic carbocycles. The Hall–Kier alpha value is -4.79. The number of rotatable bonds is 5. The highest BCUT2D eigenvalue weighted by molar-refractivity contribution is 6.11. The monoisotopic (exact) mass is 438 g/mol. The van der Waals surface area contributed by atoms with Crippen LogP contribution in [0.5, 0.6) is 0 Å². The van der Waals surface area contributed by atoms with Crippen LogP contribution in [0.2, 0.25) is 0 Å². The van der Waals surface area contributed by atoms with Crippen LogP contribution in [0.1, 0.15) is 21.6 Å². The first-order chi connectivity index (χ1) is 16.1. The van der Waals surface area contributed by atoms with E-state index in [2.05, 4.69) is 20.9 Å². The van der Waals surface area contributed by atoms with E-state index in [9.17, 15) is 14.4 Å². The smallest absolute Gasteiger partial charge is 0.314 e. The second-order valence-corrected chi connectivity index (χ2v) is 7.35. The number of nitrogens with zero attached hydrogens (tertiary/aromatic N) is 4. The largest absolute Gasteiger partial charge is 0.344 e. The number of benzene rings is 3. The molecule has 1 saturated heterocycles. The molecule has 1 aromatic heterocycles. The third-order valence-corrected chi connectivity index (χ3v) is 5.36. The van der Waals surface area contributed by atoms with Crippen LogP contribution in [-0.4, -0.2) is 37.8 Å². The van der Waals surface area contributed by atoms with Crippen molar-refractivity contribution < 1.29 is 14.4 Å². The van der Waals surface area contributed by atoms with E-state index in [-0.39, 0.29) is 5.69 Å². The maximum Gasteiger partial charge on any atom is 0.344 e. The highest BCUT2D eigenvalue weighted by Crippen LogP contribution is 2.35. The third kappa shape index (κ3) is 3.41. The number of carbonyl (C=O) groups excluding carboxylic acids is 3. The van der Waals surface area contributed by atoms with Crippen molar-refractivity contribution in [3.63, 3.8) is 0 Å². The van der Waals surface area contributed by atoms with Crippen molar-refractivity contribution in [3.05, 3.63) is 114 Å². The number of urea groups is 1. The first-order valence-electron chi connectivity index (χ1n) is 10.2. The average molecular weight is 438 g/mol. The molecule has 0 radical (unpaired) electrons. The number of imide groups is 1. The molecule has 0 atom stereocenters. The summed E-state index contributed by atoms with van der Waals surface area (Å²) < 4.78 is 0. The second kappa shape index (κ2) is 8.04. The number of amides is 4. The number of hydrazine groups is 1. The van der Waals surface area contributed by atoms with Crippen LogP contribution in [0.3, 0.4) is 0 Å². The minimum atomic E-state index is -1.48. The lowest BCUT2D eigenvalue weighted by Crippen LogP contribution is -2.49. The SMILES string of the molecule is O=C(NN1C(=O)NC(c2ccccc2)(c2ccccc2)C1=O)c1cnn(-c2ccccc2)n1. The van der Waals surface area contributed by atoms with Crippen molar-refractivity contribution in [1.29, 1.82) is 0 Å². The van der Waals surface area contributed by atoms with Gasteiger partial charge in [0, 0.05) is 0 Å². The minimum Gasteiger partial charge on any atom is -0.314 e. The fraction of sp³-hybridized carbons (Fsp3) is 0.0417. The van der Waals surface area contributed by atoms with E-state index >= 15 is 0 Å². The van der Waals surface area contributed by atoms with Crippen LogP contribution in [0, 0.1) is 0 Å². The Morgan fingerprint density at radius 1 is 0.818 bits per heavy atom. The van der Waals surface area contributed by atoms with Gasteiger partial charge >= 0.3 is 6.03 Å². The zero-order valence-corrected chi connectivity index (χ0v) is 17.3. The minimum absolute atomic E-state index is 0.0450. The summed E-state index contributed by atoms with van der Waals surface area (Å²) in [6.45, 7) is 0. The lowest BCUT2D eigenvalue weighted by Gasteiger charge is -2.27. The van der Waals surface area contributed by atoms with Crippen LogP contribution < -0.4 is 10.7 Å². The fourth-order valence-electron chi connectivity index (χ4n) is 3.78. The first kappa shape index (κ1) is 20.1. The molecule has 0 spiro atoms. The number of aromatic nitrogens is 3. The number of para-hydroxylation sites is 1. The summed E-state index contributed by atoms with van der Waals surface area (Å²) in [5, 5.41) is 11.7. The van der Waals surface area contributed by atoms with Gasteiger partial charge in [-0.25, -0.2) is 4.79 Å². The van der Waals surface area contributed by atoms with Crippen molar-refractivity contribution in [2.45, 2.75) is 5.54 Å². The zero-order valence-electron chi connectivity index (χ0n) is 17.3. The molecule has 0 aliphatic carbocycles. The molecule has 1 aliphatic heterocycles.